The molecule has 2 aromatic carbocycles. The van der Waals surface area contributed by atoms with Crippen molar-refractivity contribution >= 4 is 22.9 Å². The summed E-state index contributed by atoms with van der Waals surface area (Å²) in [5, 5.41) is 1.99. The molecule has 144 valence electrons. The van der Waals surface area contributed by atoms with E-state index in [2.05, 4.69) is 29.2 Å². The van der Waals surface area contributed by atoms with Gasteiger partial charge in [-0.3, -0.25) is 4.79 Å². The molecule has 4 rings (SSSR count). The van der Waals surface area contributed by atoms with E-state index in [0.717, 1.165) is 47.9 Å². The average molecular weight is 393 g/mol. The molecule has 0 radical (unpaired) electrons. The molecule has 3 aromatic rings. The van der Waals surface area contributed by atoms with Gasteiger partial charge in [-0.2, -0.15) is 0 Å². The fourth-order valence-electron chi connectivity index (χ4n) is 3.47. The van der Waals surface area contributed by atoms with Crippen LogP contribution in [0.3, 0.4) is 0 Å². The second-order valence-electron chi connectivity index (χ2n) is 6.96. The number of benzene rings is 2. The second kappa shape index (κ2) is 8.59. The Balaban J connectivity index is 1.45. The molecule has 1 amide bonds. The van der Waals surface area contributed by atoms with Crippen molar-refractivity contribution in [3.63, 3.8) is 0 Å². The van der Waals surface area contributed by atoms with Gasteiger partial charge in [-0.1, -0.05) is 42.5 Å². The van der Waals surface area contributed by atoms with E-state index < -0.39 is 0 Å². The molecule has 0 atom stereocenters. The van der Waals surface area contributed by atoms with E-state index in [1.54, 1.807) is 4.90 Å². The molecule has 1 aliphatic rings. The zero-order valence-corrected chi connectivity index (χ0v) is 16.8. The number of rotatable bonds is 5. The summed E-state index contributed by atoms with van der Waals surface area (Å²) in [6.07, 6.45) is 0. The zero-order valence-electron chi connectivity index (χ0n) is 16.0. The van der Waals surface area contributed by atoms with Gasteiger partial charge in [-0.25, -0.2) is 0 Å². The van der Waals surface area contributed by atoms with Crippen molar-refractivity contribution in [3.05, 3.63) is 76.5 Å². The van der Waals surface area contributed by atoms with E-state index in [1.807, 2.05) is 48.8 Å². The third-order valence-electron chi connectivity index (χ3n) is 5.02. The lowest BCUT2D eigenvalue weighted by Gasteiger charge is -2.29. The van der Waals surface area contributed by atoms with Gasteiger partial charge >= 0.3 is 0 Å². The summed E-state index contributed by atoms with van der Waals surface area (Å²) in [6, 6.07) is 20.6. The molecular weight excluding hydrogens is 368 g/mol. The normalized spacial score (nSPS) is 14.1. The lowest BCUT2D eigenvalue weighted by atomic mass is 10.1. The standard InChI is InChI=1S/C23H24N2O2S/c1-24(17-18-7-9-20(10-8-18)25-12-14-27-15-13-25)23(26)22-21(11-16-28-22)19-5-3-2-4-6-19/h2-11,16H,12-15,17H2,1H3. The lowest BCUT2D eigenvalue weighted by molar-refractivity contribution is 0.0790. The van der Waals surface area contributed by atoms with Gasteiger partial charge in [-0.15, -0.1) is 11.3 Å². The number of amides is 1. The smallest absolute Gasteiger partial charge is 0.264 e. The van der Waals surface area contributed by atoms with Crippen molar-refractivity contribution in [2.75, 3.05) is 38.3 Å². The molecule has 1 aromatic heterocycles. The van der Waals surface area contributed by atoms with E-state index >= 15 is 0 Å². The molecule has 0 spiro atoms. The Hall–Kier alpha value is -2.63. The molecule has 1 saturated heterocycles. The Morgan fingerprint density at radius 2 is 1.75 bits per heavy atom. The Kier molecular flexibility index (Phi) is 5.74. The Morgan fingerprint density at radius 1 is 1.04 bits per heavy atom. The van der Waals surface area contributed by atoms with Gasteiger partial charge < -0.3 is 14.5 Å². The van der Waals surface area contributed by atoms with Crippen molar-refractivity contribution in [2.45, 2.75) is 6.54 Å². The first-order valence-electron chi connectivity index (χ1n) is 9.52. The first-order valence-corrected chi connectivity index (χ1v) is 10.4. The van der Waals surface area contributed by atoms with Crippen LogP contribution < -0.4 is 4.90 Å². The van der Waals surface area contributed by atoms with Gasteiger partial charge in [0.2, 0.25) is 0 Å². The number of ether oxygens (including phenoxy) is 1. The van der Waals surface area contributed by atoms with Crippen LogP contribution in [-0.4, -0.2) is 44.2 Å². The third kappa shape index (κ3) is 4.11. The van der Waals surface area contributed by atoms with Crippen LogP contribution >= 0.6 is 11.3 Å². The van der Waals surface area contributed by atoms with Gasteiger partial charge in [0.25, 0.3) is 5.91 Å². The third-order valence-corrected chi connectivity index (χ3v) is 5.93. The van der Waals surface area contributed by atoms with Gasteiger partial charge in [-0.05, 0) is 34.7 Å². The highest BCUT2D eigenvalue weighted by atomic mass is 32.1. The molecule has 28 heavy (non-hydrogen) atoms. The van der Waals surface area contributed by atoms with Crippen LogP contribution in [0.2, 0.25) is 0 Å². The van der Waals surface area contributed by atoms with Crippen LogP contribution in [0.5, 0.6) is 0 Å². The summed E-state index contributed by atoms with van der Waals surface area (Å²) < 4.78 is 5.42. The topological polar surface area (TPSA) is 32.8 Å². The van der Waals surface area contributed by atoms with Crippen LogP contribution in [0, 0.1) is 0 Å². The van der Waals surface area contributed by atoms with Crippen molar-refractivity contribution in [3.8, 4) is 11.1 Å². The number of hydrogen-bond donors (Lipinski definition) is 0. The average Bonchev–Trinajstić information content (AvgIpc) is 3.25. The summed E-state index contributed by atoms with van der Waals surface area (Å²) >= 11 is 1.50. The van der Waals surface area contributed by atoms with Crippen LogP contribution in [0.25, 0.3) is 11.1 Å². The van der Waals surface area contributed by atoms with Crippen LogP contribution in [0.4, 0.5) is 5.69 Å². The van der Waals surface area contributed by atoms with Gasteiger partial charge in [0.1, 0.15) is 0 Å². The van der Waals surface area contributed by atoms with Crippen molar-refractivity contribution in [1.82, 2.24) is 4.90 Å². The quantitative estimate of drug-likeness (QED) is 0.640. The maximum atomic E-state index is 13.0. The maximum Gasteiger partial charge on any atom is 0.264 e. The van der Waals surface area contributed by atoms with E-state index in [9.17, 15) is 4.79 Å². The Morgan fingerprint density at radius 3 is 2.46 bits per heavy atom. The second-order valence-corrected chi connectivity index (χ2v) is 7.87. The lowest BCUT2D eigenvalue weighted by Crippen LogP contribution is -2.36. The first kappa shape index (κ1) is 18.7. The number of anilines is 1. The molecular formula is C23H24N2O2S. The Bertz CT molecular complexity index is 915. The fraction of sp³-hybridized carbons (Fsp3) is 0.261. The van der Waals surface area contributed by atoms with E-state index in [0.29, 0.717) is 6.54 Å². The van der Waals surface area contributed by atoms with Gasteiger partial charge in [0, 0.05) is 37.9 Å². The summed E-state index contributed by atoms with van der Waals surface area (Å²) in [5.74, 6) is 0.0612. The fourth-order valence-corrected chi connectivity index (χ4v) is 4.38. The molecule has 1 aliphatic heterocycles. The molecule has 1 fully saturated rings. The number of carbonyl (C=O) groups is 1. The monoisotopic (exact) mass is 392 g/mol. The minimum absolute atomic E-state index is 0.0612. The molecule has 4 nitrogen and oxygen atoms in total. The molecule has 0 aliphatic carbocycles. The largest absolute Gasteiger partial charge is 0.378 e. The minimum atomic E-state index is 0.0612. The van der Waals surface area contributed by atoms with Crippen LogP contribution in [0.15, 0.2) is 66.0 Å². The molecule has 0 bridgehead atoms. The first-order chi connectivity index (χ1) is 13.7. The molecule has 2 heterocycles. The molecule has 0 unspecified atom stereocenters. The molecule has 5 heteroatoms. The van der Waals surface area contributed by atoms with E-state index in [-0.39, 0.29) is 5.91 Å². The predicted octanol–water partition coefficient (Wildman–Crippen LogP) is 4.52. The number of morpholine rings is 1. The summed E-state index contributed by atoms with van der Waals surface area (Å²) in [6.45, 7) is 4.01. The van der Waals surface area contributed by atoms with Gasteiger partial charge in [0.15, 0.2) is 0 Å². The van der Waals surface area contributed by atoms with Crippen molar-refractivity contribution in [1.29, 1.82) is 0 Å². The summed E-state index contributed by atoms with van der Waals surface area (Å²) in [7, 11) is 1.87. The number of carbonyl (C=O) groups excluding carboxylic acids is 1. The summed E-state index contributed by atoms with van der Waals surface area (Å²) in [5.41, 5.74) is 4.43. The van der Waals surface area contributed by atoms with Crippen molar-refractivity contribution in [2.24, 2.45) is 0 Å². The highest BCUT2D eigenvalue weighted by molar-refractivity contribution is 7.12. The maximum absolute atomic E-state index is 13.0. The predicted molar refractivity (Wildman–Crippen MR) is 115 cm³/mol. The highest BCUT2D eigenvalue weighted by Gasteiger charge is 2.19. The van der Waals surface area contributed by atoms with Gasteiger partial charge in [0.05, 0.1) is 18.1 Å². The molecule has 0 N–H and O–H groups in total. The number of nitrogens with zero attached hydrogens (tertiary/aromatic N) is 2. The number of thiophene rings is 1. The minimum Gasteiger partial charge on any atom is -0.378 e. The molecule has 0 saturated carbocycles. The Labute approximate surface area is 170 Å². The summed E-state index contributed by atoms with van der Waals surface area (Å²) in [4.78, 5) is 18.0. The highest BCUT2D eigenvalue weighted by Crippen LogP contribution is 2.29. The van der Waals surface area contributed by atoms with Crippen LogP contribution in [0.1, 0.15) is 15.2 Å². The van der Waals surface area contributed by atoms with E-state index in [4.69, 9.17) is 4.74 Å². The zero-order chi connectivity index (χ0) is 19.3. The van der Waals surface area contributed by atoms with Crippen LogP contribution in [-0.2, 0) is 11.3 Å². The SMILES string of the molecule is CN(Cc1ccc(N2CCOCC2)cc1)C(=O)c1sccc1-c1ccccc1. The van der Waals surface area contributed by atoms with E-state index in [1.165, 1.54) is 17.0 Å². The van der Waals surface area contributed by atoms with Crippen molar-refractivity contribution < 1.29 is 9.53 Å². The number of hydrogen-bond acceptors (Lipinski definition) is 4.